The van der Waals surface area contributed by atoms with Crippen molar-refractivity contribution in [1.29, 1.82) is 0 Å². The standard InChI is InChI=1S/C16H30ClNO/c1-4-5-6-7-8-9-11-15(16(2,3)17)12-10-13-18-14-19/h15H,4-13H2,1-3H3. The SMILES string of the molecule is CCCCCCCCC(CCCN=C=O)C(C)(C)Cl. The van der Waals surface area contributed by atoms with Crippen LogP contribution in [0.2, 0.25) is 0 Å². The zero-order chi connectivity index (χ0) is 14.6. The van der Waals surface area contributed by atoms with Gasteiger partial charge < -0.3 is 0 Å². The molecule has 1 unspecified atom stereocenters. The zero-order valence-corrected chi connectivity index (χ0v) is 13.6. The van der Waals surface area contributed by atoms with Crippen LogP contribution in [0.25, 0.3) is 0 Å². The fraction of sp³-hybridized carbons (Fsp3) is 0.938. The predicted octanol–water partition coefficient (Wildman–Crippen LogP) is 5.49. The third-order valence-electron chi connectivity index (χ3n) is 3.76. The van der Waals surface area contributed by atoms with E-state index in [0.29, 0.717) is 12.5 Å². The summed E-state index contributed by atoms with van der Waals surface area (Å²) in [5.74, 6) is 0.516. The molecule has 0 radical (unpaired) electrons. The maximum Gasteiger partial charge on any atom is 0.234 e. The van der Waals surface area contributed by atoms with Gasteiger partial charge in [0.25, 0.3) is 0 Å². The van der Waals surface area contributed by atoms with Crippen LogP contribution >= 0.6 is 11.6 Å². The number of alkyl halides is 1. The summed E-state index contributed by atoms with van der Waals surface area (Å²) >= 11 is 6.47. The van der Waals surface area contributed by atoms with Crippen LogP contribution in [-0.2, 0) is 4.79 Å². The second kappa shape index (κ2) is 11.5. The van der Waals surface area contributed by atoms with Crippen molar-refractivity contribution in [3.8, 4) is 0 Å². The summed E-state index contributed by atoms with van der Waals surface area (Å²) in [6.45, 7) is 7.02. The highest BCUT2D eigenvalue weighted by Gasteiger charge is 2.25. The molecule has 0 aliphatic heterocycles. The van der Waals surface area contributed by atoms with E-state index < -0.39 is 0 Å². The summed E-state index contributed by atoms with van der Waals surface area (Å²) in [6.07, 6.45) is 12.7. The molecule has 0 amide bonds. The third-order valence-corrected chi connectivity index (χ3v) is 4.07. The van der Waals surface area contributed by atoms with E-state index in [9.17, 15) is 4.79 Å². The minimum absolute atomic E-state index is 0.158. The minimum atomic E-state index is -0.158. The molecule has 3 heteroatoms. The van der Waals surface area contributed by atoms with E-state index in [0.717, 1.165) is 12.8 Å². The second-order valence-corrected chi connectivity index (χ2v) is 6.91. The summed E-state index contributed by atoms with van der Waals surface area (Å²) in [6, 6.07) is 0. The van der Waals surface area contributed by atoms with Gasteiger partial charge in [-0.25, -0.2) is 9.79 Å². The molecule has 0 fully saturated rings. The van der Waals surface area contributed by atoms with Crippen molar-refractivity contribution >= 4 is 17.7 Å². The van der Waals surface area contributed by atoms with Gasteiger partial charge in [0.05, 0.1) is 6.54 Å². The number of carbonyl (C=O) groups excluding carboxylic acids is 1. The van der Waals surface area contributed by atoms with Gasteiger partial charge in [0, 0.05) is 4.87 Å². The molecule has 19 heavy (non-hydrogen) atoms. The number of nitrogens with zero attached hydrogens (tertiary/aromatic N) is 1. The smallest absolute Gasteiger partial charge is 0.211 e. The van der Waals surface area contributed by atoms with Crippen LogP contribution < -0.4 is 0 Å². The topological polar surface area (TPSA) is 29.4 Å². The molecule has 0 saturated carbocycles. The van der Waals surface area contributed by atoms with Crippen molar-refractivity contribution in [2.45, 2.75) is 83.4 Å². The molecule has 0 aromatic rings. The fourth-order valence-electron chi connectivity index (χ4n) is 2.46. The van der Waals surface area contributed by atoms with E-state index in [1.165, 1.54) is 44.9 Å². The number of unbranched alkanes of at least 4 members (excludes halogenated alkanes) is 5. The Morgan fingerprint density at radius 3 is 2.21 bits per heavy atom. The minimum Gasteiger partial charge on any atom is -0.211 e. The molecular formula is C16H30ClNO. The van der Waals surface area contributed by atoms with Gasteiger partial charge in [0.15, 0.2) is 0 Å². The Morgan fingerprint density at radius 2 is 1.63 bits per heavy atom. The maximum atomic E-state index is 10.0. The van der Waals surface area contributed by atoms with Gasteiger partial charge in [-0.3, -0.25) is 0 Å². The van der Waals surface area contributed by atoms with Gasteiger partial charge in [-0.1, -0.05) is 45.4 Å². The fourth-order valence-corrected chi connectivity index (χ4v) is 2.68. The van der Waals surface area contributed by atoms with Crippen molar-refractivity contribution in [3.63, 3.8) is 0 Å². The molecule has 0 aromatic heterocycles. The predicted molar refractivity (Wildman–Crippen MR) is 83.6 cm³/mol. The second-order valence-electron chi connectivity index (χ2n) is 5.93. The van der Waals surface area contributed by atoms with Gasteiger partial charge in [0.2, 0.25) is 6.08 Å². The molecule has 0 aromatic carbocycles. The first-order valence-corrected chi connectivity index (χ1v) is 8.12. The van der Waals surface area contributed by atoms with Gasteiger partial charge in [-0.05, 0) is 39.0 Å². The van der Waals surface area contributed by atoms with E-state index in [4.69, 9.17) is 11.6 Å². The lowest BCUT2D eigenvalue weighted by molar-refractivity contribution is 0.342. The Bertz CT molecular complexity index is 254. The lowest BCUT2D eigenvalue weighted by Gasteiger charge is -2.28. The number of aliphatic imine (C=N–C) groups is 1. The first-order chi connectivity index (χ1) is 9.02. The van der Waals surface area contributed by atoms with E-state index in [1.54, 1.807) is 6.08 Å². The number of rotatable bonds is 12. The molecule has 0 aliphatic rings. The molecular weight excluding hydrogens is 258 g/mol. The summed E-state index contributed by atoms with van der Waals surface area (Å²) in [5.41, 5.74) is 0. The van der Waals surface area contributed by atoms with E-state index in [-0.39, 0.29) is 4.87 Å². The molecule has 112 valence electrons. The first-order valence-electron chi connectivity index (χ1n) is 7.75. The highest BCUT2D eigenvalue weighted by atomic mass is 35.5. The van der Waals surface area contributed by atoms with E-state index >= 15 is 0 Å². The van der Waals surface area contributed by atoms with Crippen LogP contribution in [0.5, 0.6) is 0 Å². The Kier molecular flexibility index (Phi) is 11.3. The van der Waals surface area contributed by atoms with Crippen LogP contribution in [0.1, 0.15) is 78.6 Å². The van der Waals surface area contributed by atoms with Crippen LogP contribution in [-0.4, -0.2) is 17.5 Å². The Hall–Kier alpha value is -0.330. The number of halogens is 1. The van der Waals surface area contributed by atoms with Crippen molar-refractivity contribution < 1.29 is 4.79 Å². The molecule has 2 nitrogen and oxygen atoms in total. The van der Waals surface area contributed by atoms with Crippen LogP contribution in [0.3, 0.4) is 0 Å². The van der Waals surface area contributed by atoms with Crippen molar-refractivity contribution in [2.24, 2.45) is 10.9 Å². The lowest BCUT2D eigenvalue weighted by Crippen LogP contribution is -2.25. The molecule has 0 heterocycles. The van der Waals surface area contributed by atoms with Crippen LogP contribution in [0, 0.1) is 5.92 Å². The highest BCUT2D eigenvalue weighted by Crippen LogP contribution is 2.32. The maximum absolute atomic E-state index is 10.0. The number of hydrogen-bond donors (Lipinski definition) is 0. The van der Waals surface area contributed by atoms with Gasteiger partial charge >= 0.3 is 0 Å². The van der Waals surface area contributed by atoms with Crippen molar-refractivity contribution in [2.75, 3.05) is 6.54 Å². The molecule has 0 rings (SSSR count). The van der Waals surface area contributed by atoms with Crippen molar-refractivity contribution in [1.82, 2.24) is 0 Å². The normalized spacial score (nSPS) is 13.1. The average Bonchev–Trinajstić information content (AvgIpc) is 2.34. The number of isocyanates is 1. The molecule has 1 atom stereocenters. The largest absolute Gasteiger partial charge is 0.234 e. The molecule has 0 saturated heterocycles. The summed E-state index contributed by atoms with van der Waals surface area (Å²) in [5, 5.41) is 0. The van der Waals surface area contributed by atoms with E-state index in [1.807, 2.05) is 0 Å². The van der Waals surface area contributed by atoms with Gasteiger partial charge in [-0.2, -0.15) is 0 Å². The Morgan fingerprint density at radius 1 is 1.05 bits per heavy atom. The van der Waals surface area contributed by atoms with Crippen LogP contribution in [0.15, 0.2) is 4.99 Å². The monoisotopic (exact) mass is 287 g/mol. The van der Waals surface area contributed by atoms with Gasteiger partial charge in [0.1, 0.15) is 0 Å². The van der Waals surface area contributed by atoms with Crippen LogP contribution in [0.4, 0.5) is 0 Å². The lowest BCUT2D eigenvalue weighted by atomic mass is 9.85. The quantitative estimate of drug-likeness (QED) is 0.202. The third kappa shape index (κ3) is 11.2. The number of hydrogen-bond acceptors (Lipinski definition) is 2. The molecule has 0 N–H and O–H groups in total. The molecule has 0 bridgehead atoms. The Labute approximate surface area is 124 Å². The average molecular weight is 288 g/mol. The van der Waals surface area contributed by atoms with Gasteiger partial charge in [-0.15, -0.1) is 11.6 Å². The molecule has 0 spiro atoms. The first kappa shape index (κ1) is 18.7. The van der Waals surface area contributed by atoms with E-state index in [2.05, 4.69) is 25.8 Å². The summed E-state index contributed by atoms with van der Waals surface area (Å²) in [4.78, 5) is 13.5. The summed E-state index contributed by atoms with van der Waals surface area (Å²) in [7, 11) is 0. The molecule has 0 aliphatic carbocycles. The summed E-state index contributed by atoms with van der Waals surface area (Å²) < 4.78 is 0. The highest BCUT2D eigenvalue weighted by molar-refractivity contribution is 6.23. The Balaban J connectivity index is 3.84. The van der Waals surface area contributed by atoms with Crippen molar-refractivity contribution in [3.05, 3.63) is 0 Å². The zero-order valence-electron chi connectivity index (χ0n) is 12.9.